The molecule has 0 aliphatic carbocycles. The van der Waals surface area contributed by atoms with Gasteiger partial charge in [-0.15, -0.1) is 0 Å². The molecule has 0 spiro atoms. The first-order valence-corrected chi connectivity index (χ1v) is 34.0. The van der Waals surface area contributed by atoms with Gasteiger partial charge in [-0.1, -0.05) is 253 Å². The van der Waals surface area contributed by atoms with Crippen LogP contribution in [-0.2, 0) is 35.0 Å². The van der Waals surface area contributed by atoms with E-state index in [-0.39, 0.29) is 264 Å². The third-order valence-electron chi connectivity index (χ3n) is 14.2. The number of aliphatic hydroxyl groups is 4. The average Bonchev–Trinajstić information content (AvgIpc) is 3.29. The van der Waals surface area contributed by atoms with Gasteiger partial charge in [0.15, 0.2) is 0 Å². The van der Waals surface area contributed by atoms with Crippen molar-refractivity contribution in [2.24, 2.45) is 10.8 Å². The number of unbranched alkanes of at least 4 members (excludes halogenated alkanes) is 33. The molecule has 0 unspecified atom stereocenters. The van der Waals surface area contributed by atoms with Crippen LogP contribution < -0.4 is 10.6 Å². The van der Waals surface area contributed by atoms with Gasteiger partial charge in [0.25, 0.3) is 0 Å². The van der Waals surface area contributed by atoms with E-state index in [1.54, 1.807) is 0 Å². The van der Waals surface area contributed by atoms with Crippen molar-refractivity contribution < 1.29 is 81.0 Å². The molecule has 0 aliphatic heterocycles. The molecule has 0 saturated carbocycles. The standard InChI is InChI=1S/C18H34O2.C16H32O2.C14H28O2.2C9H17NO5.6Ca.O/c1-2-3-4-5-6-7-8-9-10-11-12-13-14-15-16-17-18(19)20;1-2-3-4-5-6-7-8-9-10-11-12-13-14-15-16(17)18;1-2-3-4-5-6-7-8-9-10-11-12-13-14(15)16;2*1-9(2,5-11)7(14)8(15)10-4-3-6(12)13;;;;;;;/h9-10H,2-8,11-17H2,1H3,(H,19,20);2-15H2,1H3,(H,17,18);2-13H2,1H3,(H,15,16);2*7,11,14H,3-5H2,1-2H3,(H,10,15)(H,12,13);;;;;;;/q;;;;;;5*+2;/b10-9-;;;;;;;;;;;/t;;;2*7-;;;;;;;/m...00......./s1. The fourth-order valence-electron chi connectivity index (χ4n) is 8.24. The Morgan fingerprint density at radius 2 is 0.505 bits per heavy atom. The zero-order valence-electron chi connectivity index (χ0n) is 58.9. The van der Waals surface area contributed by atoms with Crippen LogP contribution >= 0.6 is 0 Å². The number of aliphatic carboxylic acids is 5. The van der Waals surface area contributed by atoms with E-state index in [9.17, 15) is 43.8 Å². The van der Waals surface area contributed by atoms with Crippen LogP contribution in [0.15, 0.2) is 12.2 Å². The Hall–Kier alpha value is 3.23. The number of aliphatic hydroxyl groups excluding tert-OH is 4. The first kappa shape index (κ1) is 118. The first-order chi connectivity index (χ1) is 40.9. The van der Waals surface area contributed by atoms with Gasteiger partial charge in [0.1, 0.15) is 12.2 Å². The van der Waals surface area contributed by atoms with E-state index in [0.29, 0.717) is 19.3 Å². The van der Waals surface area contributed by atoms with Gasteiger partial charge in [-0.3, -0.25) is 33.6 Å². The Labute approximate surface area is 725 Å². The van der Waals surface area contributed by atoms with Crippen LogP contribution in [0.25, 0.3) is 0 Å². The van der Waals surface area contributed by atoms with E-state index in [1.807, 2.05) is 0 Å². The SMILES string of the molecule is CC(C)(CO)[C@@H](O)C(=O)NCCC(=O)O.CC(C)(CO)[C@@H](O)C(=O)NCCC(=O)O.CCCCCCCC/C=C\CCCCCCCC(=O)O.CCCCCCCCCCCCCC(=O)O.CCCCCCCCCCCCCCCC(=O)O.[Ca+2].[Ca+2].[Ca+2].[Ca+2].[Ca+2].[O]=[Ca]. The van der Waals surface area contributed by atoms with Crippen molar-refractivity contribution in [2.45, 2.75) is 330 Å². The minimum atomic E-state index is -1.35. The van der Waals surface area contributed by atoms with Gasteiger partial charge >= 0.3 is 256 Å². The molecule has 0 aromatic rings. The quantitative estimate of drug-likeness (QED) is 0.0153. The molecule has 0 aromatic heterocycles. The van der Waals surface area contributed by atoms with Crippen molar-refractivity contribution in [1.29, 1.82) is 0 Å². The van der Waals surface area contributed by atoms with Crippen LogP contribution in [0, 0.1) is 10.8 Å². The number of carbonyl (C=O) groups excluding carboxylic acids is 2. The molecule has 0 aliphatic rings. The molecule has 11 N–H and O–H groups in total. The number of carbonyl (C=O) groups is 7. The van der Waals surface area contributed by atoms with E-state index in [2.05, 4.69) is 43.6 Å². The molecule has 2 amide bonds. The minimum absolute atomic E-state index is 0. The zero-order chi connectivity index (χ0) is 66.6. The van der Waals surface area contributed by atoms with E-state index in [1.165, 1.54) is 227 Å². The van der Waals surface area contributed by atoms with E-state index >= 15 is 0 Å². The molecule has 19 nitrogen and oxygen atoms in total. The van der Waals surface area contributed by atoms with Crippen LogP contribution in [0.2, 0.25) is 0 Å². The molecule has 2 atom stereocenters. The molecule has 0 heterocycles. The molecular weight excluding hydrogens is 1330 g/mol. The van der Waals surface area contributed by atoms with E-state index < -0.39 is 64.7 Å². The second kappa shape index (κ2) is 93.2. The Morgan fingerprint density at radius 1 is 0.330 bits per heavy atom. The van der Waals surface area contributed by atoms with Crippen LogP contribution in [-0.4, -0.2) is 351 Å². The number of nitrogens with one attached hydrogen (secondary N) is 2. The number of carboxylic acid groups (broad SMARTS) is 5. The van der Waals surface area contributed by atoms with Crippen molar-refractivity contribution >= 4 is 266 Å². The Balaban J connectivity index is -0.0000000960. The summed E-state index contributed by atoms with van der Waals surface area (Å²) in [4.78, 5) is 73.7. The van der Waals surface area contributed by atoms with Gasteiger partial charge < -0.3 is 56.6 Å². The third-order valence-corrected chi connectivity index (χ3v) is 14.2. The molecule has 0 radical (unpaired) electrons. The summed E-state index contributed by atoms with van der Waals surface area (Å²) in [5, 5.41) is 83.4. The molecule has 0 rings (SSSR count). The second-order valence-electron chi connectivity index (χ2n) is 23.8. The van der Waals surface area contributed by atoms with Crippen LogP contribution in [0.3, 0.4) is 0 Å². The molecule has 0 saturated heterocycles. The van der Waals surface area contributed by atoms with Gasteiger partial charge in [-0.05, 0) is 44.9 Å². The average molecular weight is 1460 g/mol. The molecule has 0 fully saturated rings. The predicted octanol–water partition coefficient (Wildman–Crippen LogP) is 11.9. The van der Waals surface area contributed by atoms with E-state index in [0.717, 1.165) is 38.5 Å². The fraction of sp³-hybridized carbons (Fsp3) is 0.864. The molecule has 0 bridgehead atoms. The van der Waals surface area contributed by atoms with E-state index in [4.69, 9.17) is 37.2 Å². The third kappa shape index (κ3) is 104. The van der Waals surface area contributed by atoms with Crippen molar-refractivity contribution in [3.63, 3.8) is 0 Å². The van der Waals surface area contributed by atoms with Gasteiger partial charge in [0.2, 0.25) is 11.8 Å². The topological polar surface area (TPSA) is 343 Å². The normalized spacial score (nSPS) is 10.9. The maximum atomic E-state index is 11.3. The van der Waals surface area contributed by atoms with Crippen LogP contribution in [0.5, 0.6) is 0 Å². The number of amides is 2. The molecule has 91 heavy (non-hydrogen) atoms. The summed E-state index contributed by atoms with van der Waals surface area (Å²) in [6.45, 7) is 12.2. The number of allylic oxidation sites excluding steroid dienone is 2. The number of carboxylic acids is 5. The van der Waals surface area contributed by atoms with Crippen molar-refractivity contribution in [3.05, 3.63) is 12.2 Å². The zero-order valence-corrected chi connectivity index (χ0v) is 72.1. The van der Waals surface area contributed by atoms with Crippen molar-refractivity contribution in [2.75, 3.05) is 26.3 Å². The predicted molar refractivity (Wildman–Crippen MR) is 373 cm³/mol. The summed E-state index contributed by atoms with van der Waals surface area (Å²) in [7, 11) is 0. The second-order valence-corrected chi connectivity index (χ2v) is 23.8. The molecule has 0 aromatic carbocycles. The van der Waals surface area contributed by atoms with Gasteiger partial charge in [0, 0.05) is 43.2 Å². The van der Waals surface area contributed by atoms with Crippen molar-refractivity contribution in [3.8, 4) is 0 Å². The number of rotatable bonds is 53. The molecule has 25 heteroatoms. The van der Waals surface area contributed by atoms with Crippen LogP contribution in [0.1, 0.15) is 318 Å². The maximum absolute atomic E-state index is 11.3. The van der Waals surface area contributed by atoms with Gasteiger partial charge in [-0.2, -0.15) is 0 Å². The summed E-state index contributed by atoms with van der Waals surface area (Å²) < 4.78 is 8.38. The summed E-state index contributed by atoms with van der Waals surface area (Å²) >= 11 is 0.125. The Bertz CT molecular complexity index is 1570. The Kier molecular flexibility index (Phi) is 121. The monoisotopic (exact) mass is 1460 g/mol. The van der Waals surface area contributed by atoms with Gasteiger partial charge in [-0.25, -0.2) is 0 Å². The fourth-order valence-corrected chi connectivity index (χ4v) is 8.24. The summed E-state index contributed by atoms with van der Waals surface area (Å²) in [6.07, 6.45) is 49.8. The number of hydrogen-bond acceptors (Lipinski definition) is 12. The number of hydrogen-bond donors (Lipinski definition) is 11. The Morgan fingerprint density at radius 3 is 0.681 bits per heavy atom. The summed E-state index contributed by atoms with van der Waals surface area (Å²) in [5.41, 5.74) is -1.87. The summed E-state index contributed by atoms with van der Waals surface area (Å²) in [6, 6.07) is 0. The summed E-state index contributed by atoms with van der Waals surface area (Å²) in [5.74, 6) is -5.36. The first-order valence-electron chi connectivity index (χ1n) is 33.1. The van der Waals surface area contributed by atoms with Crippen molar-refractivity contribution in [1.82, 2.24) is 10.6 Å². The molecule has 506 valence electrons. The molecular formula is C66H128Ca6N2O17+10. The van der Waals surface area contributed by atoms with Gasteiger partial charge in [0.05, 0.1) is 26.1 Å². The van der Waals surface area contributed by atoms with Crippen LogP contribution in [0.4, 0.5) is 0 Å².